The maximum atomic E-state index is 15.4. The minimum Gasteiger partial charge on any atom is -0.396 e. The molecule has 390 valence electrons. The summed E-state index contributed by atoms with van der Waals surface area (Å²) >= 11 is 1.37. The molecule has 4 aliphatic rings. The van der Waals surface area contributed by atoms with Gasteiger partial charge in [-0.2, -0.15) is 11.8 Å². The molecule has 1 saturated heterocycles. The lowest BCUT2D eigenvalue weighted by Crippen LogP contribution is -2.63. The van der Waals surface area contributed by atoms with Gasteiger partial charge in [-0.05, 0) is 131 Å². The number of benzene rings is 3. The fourth-order valence-electron chi connectivity index (χ4n) is 10.9. The van der Waals surface area contributed by atoms with Gasteiger partial charge in [0.25, 0.3) is 0 Å². The molecule has 15 nitrogen and oxygen atoms in total. The van der Waals surface area contributed by atoms with Gasteiger partial charge >= 0.3 is 0 Å². The van der Waals surface area contributed by atoms with E-state index in [2.05, 4.69) is 56.2 Å². The van der Waals surface area contributed by atoms with Gasteiger partial charge in [0.15, 0.2) is 0 Å². The number of hydrogen-bond acceptors (Lipinski definition) is 10. The van der Waals surface area contributed by atoms with E-state index in [0.29, 0.717) is 12.2 Å². The van der Waals surface area contributed by atoms with Gasteiger partial charge in [-0.25, -0.2) is 0 Å². The molecule has 7 N–H and O–H groups in total. The molecule has 0 saturated carbocycles. The molecular weight excluding hydrogens is 929 g/mol. The number of aliphatic hydroxyl groups is 1. The van der Waals surface area contributed by atoms with Gasteiger partial charge < -0.3 is 46.8 Å². The molecule has 0 aromatic heterocycles. The van der Waals surface area contributed by atoms with Gasteiger partial charge in [0.1, 0.15) is 24.2 Å². The molecule has 1 fully saturated rings. The SMILES string of the molecule is CN[C@@H](C)C(=O)NC(C(=O)N1Cc2cc(C3C[C@@H](C(=O)NC4CCCc5ccccc54)N(C(=O)[C@@H](NC(=O)[C@H](C)NC)C(C)(C)C)C3)ccc2CC1C(=O)NC1CCCc2ccccc21)C(C)(C)SCCO. The second kappa shape index (κ2) is 23.3. The lowest BCUT2D eigenvalue weighted by atomic mass is 9.85. The number of thioether (sulfide) groups is 1. The number of carbonyl (C=O) groups excluding carboxylic acids is 6. The molecule has 72 heavy (non-hydrogen) atoms. The Morgan fingerprint density at radius 3 is 1.75 bits per heavy atom. The van der Waals surface area contributed by atoms with E-state index in [4.69, 9.17) is 0 Å². The molecule has 2 aliphatic carbocycles. The van der Waals surface area contributed by atoms with Crippen LogP contribution in [0.1, 0.15) is 138 Å². The van der Waals surface area contributed by atoms with Gasteiger partial charge in [0.05, 0.1) is 30.8 Å². The Morgan fingerprint density at radius 1 is 0.681 bits per heavy atom. The summed E-state index contributed by atoms with van der Waals surface area (Å²) in [5, 5.41) is 28.5. The van der Waals surface area contributed by atoms with Crippen LogP contribution < -0.4 is 31.9 Å². The van der Waals surface area contributed by atoms with Crippen molar-refractivity contribution in [2.24, 2.45) is 5.41 Å². The average Bonchev–Trinajstić information content (AvgIpc) is 3.83. The molecule has 0 radical (unpaired) electrons. The molecule has 0 spiro atoms. The van der Waals surface area contributed by atoms with Gasteiger partial charge in [-0.1, -0.05) is 87.5 Å². The lowest BCUT2D eigenvalue weighted by Gasteiger charge is -2.42. The van der Waals surface area contributed by atoms with E-state index in [1.807, 2.05) is 77.1 Å². The Kier molecular flexibility index (Phi) is 17.6. The van der Waals surface area contributed by atoms with Gasteiger partial charge in [0.2, 0.25) is 35.4 Å². The van der Waals surface area contributed by atoms with Gasteiger partial charge in [0, 0.05) is 35.9 Å². The maximum absolute atomic E-state index is 15.4. The predicted octanol–water partition coefficient (Wildman–Crippen LogP) is 4.75. The number of nitrogens with zero attached hydrogens (tertiary/aromatic N) is 2. The van der Waals surface area contributed by atoms with Crippen LogP contribution in [-0.4, -0.2) is 124 Å². The summed E-state index contributed by atoms with van der Waals surface area (Å²) in [5.41, 5.74) is 6.47. The summed E-state index contributed by atoms with van der Waals surface area (Å²) < 4.78 is -0.890. The summed E-state index contributed by atoms with van der Waals surface area (Å²) in [6.07, 6.45) is 5.79. The Morgan fingerprint density at radius 2 is 1.21 bits per heavy atom. The summed E-state index contributed by atoms with van der Waals surface area (Å²) in [7, 11) is 3.36. The standard InChI is InChI=1S/C56H78N8O7S/c1-33(57-8)49(66)61-47(55(3,4)5)53(70)63-32-40(30-46(63)52(69)60-44-23-15-19-36-17-11-13-21-42(36)44)37-24-25-38-29-45(51(68)59-43-22-14-18-35-16-10-12-20-41(35)43)64(31-39(38)28-37)54(71)48(56(6,7)72-27-26-65)62-50(67)34(2)58-9/h10-13,16-17,20-21,24-25,28,33-34,40,43-48,57-58,65H,14-15,18-19,22-23,26-27,29-32H2,1-9H3,(H,59,68)(H,60,69)(H,61,66)(H,62,67)/t33-,34-,40?,43?,44?,45?,46-,47+,48?/m0/s1. The highest BCUT2D eigenvalue weighted by Crippen LogP contribution is 2.39. The van der Waals surface area contributed by atoms with E-state index in [1.165, 1.54) is 22.9 Å². The number of amides is 6. The molecule has 9 atom stereocenters. The zero-order valence-electron chi connectivity index (χ0n) is 43.7. The fourth-order valence-corrected chi connectivity index (χ4v) is 11.9. The van der Waals surface area contributed by atoms with Crippen LogP contribution in [-0.2, 0) is 54.6 Å². The fraction of sp³-hybridized carbons (Fsp3) is 0.571. The van der Waals surface area contributed by atoms with Crippen LogP contribution in [0.4, 0.5) is 0 Å². The highest BCUT2D eigenvalue weighted by atomic mass is 32.2. The van der Waals surface area contributed by atoms with Crippen molar-refractivity contribution >= 4 is 47.2 Å². The number of fused-ring (bicyclic) bond motifs is 3. The number of rotatable bonds is 17. The molecule has 2 heterocycles. The molecule has 2 aliphatic heterocycles. The number of carbonyl (C=O) groups is 6. The first-order valence-corrected chi connectivity index (χ1v) is 26.9. The van der Waals surface area contributed by atoms with Crippen LogP contribution in [0.25, 0.3) is 0 Å². The Bertz CT molecular complexity index is 2480. The van der Waals surface area contributed by atoms with Crippen molar-refractivity contribution in [3.05, 3.63) is 106 Å². The maximum Gasteiger partial charge on any atom is 0.247 e. The van der Waals surface area contributed by atoms with Crippen molar-refractivity contribution in [3.8, 4) is 0 Å². The number of likely N-dealkylation sites (tertiary alicyclic amines) is 1. The Balaban J connectivity index is 1.24. The van der Waals surface area contributed by atoms with Crippen LogP contribution in [0.2, 0.25) is 0 Å². The molecule has 16 heteroatoms. The summed E-state index contributed by atoms with van der Waals surface area (Å²) in [5.74, 6) is -1.93. The van der Waals surface area contributed by atoms with Crippen molar-refractivity contribution < 1.29 is 33.9 Å². The minimum atomic E-state index is -1.06. The Labute approximate surface area is 430 Å². The van der Waals surface area contributed by atoms with Crippen LogP contribution in [0, 0.1) is 5.41 Å². The molecule has 3 aromatic rings. The molecule has 3 aromatic carbocycles. The third-order valence-corrected chi connectivity index (χ3v) is 16.9. The quantitative estimate of drug-likeness (QED) is 0.0991. The van der Waals surface area contributed by atoms with E-state index in [9.17, 15) is 24.3 Å². The third-order valence-electron chi connectivity index (χ3n) is 15.5. The first kappa shape index (κ1) is 54.5. The second-order valence-corrected chi connectivity index (χ2v) is 23.7. The van der Waals surface area contributed by atoms with E-state index >= 15 is 9.59 Å². The molecule has 7 rings (SSSR count). The largest absolute Gasteiger partial charge is 0.396 e. The van der Waals surface area contributed by atoms with E-state index < -0.39 is 52.3 Å². The molecule has 5 unspecified atom stereocenters. The zero-order chi connectivity index (χ0) is 52.1. The van der Waals surface area contributed by atoms with E-state index in [1.54, 1.807) is 37.7 Å². The van der Waals surface area contributed by atoms with Crippen LogP contribution in [0.3, 0.4) is 0 Å². The molecule has 0 bridgehead atoms. The Hall–Kier alpha value is -5.29. The van der Waals surface area contributed by atoms with Crippen molar-refractivity contribution in [2.45, 2.75) is 165 Å². The third kappa shape index (κ3) is 12.2. The minimum absolute atomic E-state index is 0.0677. The first-order valence-electron chi connectivity index (χ1n) is 25.9. The summed E-state index contributed by atoms with van der Waals surface area (Å²) in [6.45, 7) is 13.1. The number of likely N-dealkylation sites (N-methyl/N-ethyl adjacent to an activating group) is 2. The van der Waals surface area contributed by atoms with E-state index in [-0.39, 0.29) is 73.7 Å². The number of hydrogen-bond donors (Lipinski definition) is 7. The second-order valence-electron chi connectivity index (χ2n) is 21.9. The molecule has 6 amide bonds. The van der Waals surface area contributed by atoms with Crippen molar-refractivity contribution in [3.63, 3.8) is 0 Å². The highest BCUT2D eigenvalue weighted by molar-refractivity contribution is 8.00. The van der Waals surface area contributed by atoms with Crippen molar-refractivity contribution in [2.75, 3.05) is 33.0 Å². The number of aliphatic hydroxyl groups excluding tert-OH is 1. The van der Waals surface area contributed by atoms with Crippen molar-refractivity contribution in [1.82, 2.24) is 41.7 Å². The van der Waals surface area contributed by atoms with Crippen molar-refractivity contribution in [1.29, 1.82) is 0 Å². The lowest BCUT2D eigenvalue weighted by molar-refractivity contribution is -0.145. The van der Waals surface area contributed by atoms with Crippen LogP contribution in [0.15, 0.2) is 66.7 Å². The average molecular weight is 1010 g/mol. The topological polar surface area (TPSA) is 201 Å². The summed E-state index contributed by atoms with van der Waals surface area (Å²) in [4.78, 5) is 90.2. The zero-order valence-corrected chi connectivity index (χ0v) is 44.5. The van der Waals surface area contributed by atoms with Gasteiger partial charge in [-0.3, -0.25) is 28.8 Å². The van der Waals surface area contributed by atoms with Crippen LogP contribution >= 0.6 is 11.8 Å². The van der Waals surface area contributed by atoms with Gasteiger partial charge in [-0.15, -0.1) is 0 Å². The molecular formula is C56H78N8O7S. The summed E-state index contributed by atoms with van der Waals surface area (Å²) in [6, 6.07) is 17.1. The normalized spacial score (nSPS) is 22.5. The highest BCUT2D eigenvalue weighted by Gasteiger charge is 2.48. The number of nitrogens with one attached hydrogen (secondary N) is 6. The smallest absolute Gasteiger partial charge is 0.247 e. The van der Waals surface area contributed by atoms with Crippen LogP contribution in [0.5, 0.6) is 0 Å². The first-order chi connectivity index (χ1) is 34.3. The van der Waals surface area contributed by atoms with E-state index in [0.717, 1.165) is 66.3 Å². The monoisotopic (exact) mass is 1010 g/mol. The predicted molar refractivity (Wildman–Crippen MR) is 282 cm³/mol. The number of aryl methyl sites for hydroxylation is 2.